The van der Waals surface area contributed by atoms with Gasteiger partial charge in [-0.15, -0.1) is 0 Å². The summed E-state index contributed by atoms with van der Waals surface area (Å²) in [7, 11) is 0. The molecule has 2 aromatic rings. The zero-order chi connectivity index (χ0) is 23.5. The van der Waals surface area contributed by atoms with Gasteiger partial charge in [0.2, 0.25) is 5.88 Å². The van der Waals surface area contributed by atoms with Crippen molar-refractivity contribution in [3.05, 3.63) is 46.7 Å². The van der Waals surface area contributed by atoms with Crippen LogP contribution >= 0.6 is 0 Å². The second-order valence-corrected chi connectivity index (χ2v) is 7.22. The molecule has 2 N–H and O–H groups in total. The summed E-state index contributed by atoms with van der Waals surface area (Å²) >= 11 is 0. The Labute approximate surface area is 181 Å². The minimum atomic E-state index is -4.50. The standard InChI is InChI=1S/C20H22F3N5O4/c1-11-18(32-10-20(21,22)23)26-8-15(27-11)12(2)28-9-14-13(19(28)31)4-6-24-16(14)17(30)25-5-3-7-29/h4,6,8,12,29H,3,5,7,9-10H2,1-2H3,(H,25,30). The lowest BCUT2D eigenvalue weighted by atomic mass is 10.1. The van der Waals surface area contributed by atoms with Crippen molar-refractivity contribution in [3.63, 3.8) is 0 Å². The van der Waals surface area contributed by atoms with E-state index in [-0.39, 0.29) is 42.9 Å². The number of carbonyl (C=O) groups excluding carboxylic acids is 2. The van der Waals surface area contributed by atoms with Crippen molar-refractivity contribution >= 4 is 11.8 Å². The van der Waals surface area contributed by atoms with Gasteiger partial charge in [0, 0.05) is 37.0 Å². The zero-order valence-electron chi connectivity index (χ0n) is 17.4. The van der Waals surface area contributed by atoms with Crippen LogP contribution < -0.4 is 10.1 Å². The number of nitrogens with zero attached hydrogens (tertiary/aromatic N) is 4. The maximum absolute atomic E-state index is 12.9. The Kier molecular flexibility index (Phi) is 6.92. The predicted octanol–water partition coefficient (Wildman–Crippen LogP) is 1.95. The van der Waals surface area contributed by atoms with E-state index in [0.717, 1.165) is 0 Å². The molecule has 0 spiro atoms. The molecule has 0 aromatic carbocycles. The average Bonchev–Trinajstić information content (AvgIpc) is 3.08. The van der Waals surface area contributed by atoms with Gasteiger partial charge in [-0.25, -0.2) is 9.97 Å². The molecule has 3 rings (SSSR count). The van der Waals surface area contributed by atoms with Crippen LogP contribution in [0.3, 0.4) is 0 Å². The molecule has 9 nitrogen and oxygen atoms in total. The van der Waals surface area contributed by atoms with E-state index in [1.54, 1.807) is 6.92 Å². The third-order valence-corrected chi connectivity index (χ3v) is 4.90. The van der Waals surface area contributed by atoms with Crippen LogP contribution in [0.4, 0.5) is 13.2 Å². The SMILES string of the molecule is Cc1nc(C(C)N2Cc3c(ccnc3C(=O)NCCCO)C2=O)cnc1OCC(F)(F)F. The average molecular weight is 453 g/mol. The number of hydrogen-bond acceptors (Lipinski definition) is 7. The van der Waals surface area contributed by atoms with Crippen LogP contribution in [0.15, 0.2) is 18.5 Å². The number of hydrogen-bond donors (Lipinski definition) is 2. The molecule has 1 aliphatic heterocycles. The van der Waals surface area contributed by atoms with Crippen molar-refractivity contribution in [2.75, 3.05) is 19.8 Å². The topological polar surface area (TPSA) is 118 Å². The number of fused-ring (bicyclic) bond motifs is 1. The van der Waals surface area contributed by atoms with E-state index >= 15 is 0 Å². The number of amides is 2. The van der Waals surface area contributed by atoms with Crippen molar-refractivity contribution in [2.24, 2.45) is 0 Å². The first-order valence-corrected chi connectivity index (χ1v) is 9.83. The lowest BCUT2D eigenvalue weighted by Gasteiger charge is -2.24. The minimum Gasteiger partial charge on any atom is -0.467 e. The summed E-state index contributed by atoms with van der Waals surface area (Å²) in [5, 5.41) is 11.5. The molecule has 1 aliphatic rings. The molecule has 0 aliphatic carbocycles. The van der Waals surface area contributed by atoms with Crippen LogP contribution in [0.2, 0.25) is 0 Å². The molecule has 1 atom stereocenters. The maximum Gasteiger partial charge on any atom is 0.422 e. The first-order chi connectivity index (χ1) is 15.1. The molecule has 12 heteroatoms. The maximum atomic E-state index is 12.9. The Balaban J connectivity index is 1.77. The number of aliphatic hydroxyl groups excluding tert-OH is 1. The van der Waals surface area contributed by atoms with Crippen molar-refractivity contribution in [1.82, 2.24) is 25.2 Å². The van der Waals surface area contributed by atoms with Crippen LogP contribution in [-0.2, 0) is 6.54 Å². The van der Waals surface area contributed by atoms with Crippen LogP contribution in [0, 0.1) is 6.92 Å². The number of pyridine rings is 1. The van der Waals surface area contributed by atoms with Gasteiger partial charge in [-0.3, -0.25) is 14.6 Å². The van der Waals surface area contributed by atoms with Crippen LogP contribution in [-0.4, -0.2) is 62.7 Å². The van der Waals surface area contributed by atoms with Crippen LogP contribution in [0.1, 0.15) is 57.2 Å². The van der Waals surface area contributed by atoms with Gasteiger partial charge < -0.3 is 20.1 Å². The third-order valence-electron chi connectivity index (χ3n) is 4.90. The highest BCUT2D eigenvalue weighted by Gasteiger charge is 2.35. The molecule has 0 bridgehead atoms. The Hall–Kier alpha value is -3.28. The number of aryl methyl sites for hydroxylation is 1. The summed E-state index contributed by atoms with van der Waals surface area (Å²) in [4.78, 5) is 39.2. The Morgan fingerprint density at radius 2 is 2.12 bits per heavy atom. The van der Waals surface area contributed by atoms with Crippen molar-refractivity contribution in [2.45, 2.75) is 39.0 Å². The molecule has 172 valence electrons. The highest BCUT2D eigenvalue weighted by atomic mass is 19.4. The molecule has 0 radical (unpaired) electrons. The van der Waals surface area contributed by atoms with E-state index in [1.165, 1.54) is 30.3 Å². The van der Waals surface area contributed by atoms with Gasteiger partial charge >= 0.3 is 6.18 Å². The smallest absolute Gasteiger partial charge is 0.422 e. The number of aromatic nitrogens is 3. The number of alkyl halides is 3. The summed E-state index contributed by atoms with van der Waals surface area (Å²) in [6.45, 7) is 2.01. The fourth-order valence-electron chi connectivity index (χ4n) is 3.26. The van der Waals surface area contributed by atoms with Crippen molar-refractivity contribution in [3.8, 4) is 5.88 Å². The highest BCUT2D eigenvalue weighted by molar-refractivity contribution is 6.03. The molecule has 1 unspecified atom stereocenters. The molecule has 0 saturated heterocycles. The van der Waals surface area contributed by atoms with E-state index < -0.39 is 24.7 Å². The van der Waals surface area contributed by atoms with E-state index in [0.29, 0.717) is 23.2 Å². The summed E-state index contributed by atoms with van der Waals surface area (Å²) in [5.41, 5.74) is 1.47. The van der Waals surface area contributed by atoms with Crippen molar-refractivity contribution in [1.29, 1.82) is 0 Å². The Morgan fingerprint density at radius 3 is 2.78 bits per heavy atom. The van der Waals surface area contributed by atoms with Gasteiger partial charge in [0.15, 0.2) is 6.61 Å². The summed E-state index contributed by atoms with van der Waals surface area (Å²) < 4.78 is 41.8. The fraction of sp³-hybridized carbons (Fsp3) is 0.450. The minimum absolute atomic E-state index is 0.0646. The molecular formula is C20H22F3N5O4. The van der Waals surface area contributed by atoms with Gasteiger partial charge in [-0.05, 0) is 26.3 Å². The molecule has 2 aromatic heterocycles. The van der Waals surface area contributed by atoms with E-state index in [4.69, 9.17) is 5.11 Å². The zero-order valence-corrected chi connectivity index (χ0v) is 17.4. The fourth-order valence-corrected chi connectivity index (χ4v) is 3.26. The first-order valence-electron chi connectivity index (χ1n) is 9.83. The van der Waals surface area contributed by atoms with Gasteiger partial charge in [0.1, 0.15) is 5.69 Å². The molecule has 0 saturated carbocycles. The second kappa shape index (κ2) is 9.47. The third kappa shape index (κ3) is 5.13. The normalized spacial score (nSPS) is 14.3. The lowest BCUT2D eigenvalue weighted by molar-refractivity contribution is -0.154. The first kappa shape index (κ1) is 23.4. The van der Waals surface area contributed by atoms with Gasteiger partial charge in [-0.1, -0.05) is 0 Å². The van der Waals surface area contributed by atoms with Crippen molar-refractivity contribution < 1.29 is 32.6 Å². The quantitative estimate of drug-likeness (QED) is 0.587. The molecule has 2 amide bonds. The summed E-state index contributed by atoms with van der Waals surface area (Å²) in [6.07, 6.45) is -1.46. The van der Waals surface area contributed by atoms with E-state index in [2.05, 4.69) is 25.0 Å². The number of halogens is 3. The number of rotatable bonds is 8. The molecule has 32 heavy (non-hydrogen) atoms. The van der Waals surface area contributed by atoms with Crippen LogP contribution in [0.25, 0.3) is 0 Å². The Bertz CT molecular complexity index is 1020. The van der Waals surface area contributed by atoms with Gasteiger partial charge in [0.25, 0.3) is 11.8 Å². The predicted molar refractivity (Wildman–Crippen MR) is 105 cm³/mol. The number of ether oxygens (including phenoxy) is 1. The second-order valence-electron chi connectivity index (χ2n) is 7.22. The lowest BCUT2D eigenvalue weighted by Crippen LogP contribution is -2.29. The summed E-state index contributed by atoms with van der Waals surface area (Å²) in [5.74, 6) is -1.00. The molecule has 3 heterocycles. The molecule has 0 fully saturated rings. The number of aliphatic hydroxyl groups is 1. The monoisotopic (exact) mass is 453 g/mol. The number of nitrogens with one attached hydrogen (secondary N) is 1. The number of carbonyl (C=O) groups is 2. The van der Waals surface area contributed by atoms with Crippen LogP contribution in [0.5, 0.6) is 5.88 Å². The largest absolute Gasteiger partial charge is 0.467 e. The van der Waals surface area contributed by atoms with Gasteiger partial charge in [0.05, 0.1) is 23.6 Å². The Morgan fingerprint density at radius 1 is 1.38 bits per heavy atom. The van der Waals surface area contributed by atoms with Gasteiger partial charge in [-0.2, -0.15) is 13.2 Å². The summed E-state index contributed by atoms with van der Waals surface area (Å²) in [6, 6.07) is 0.961. The highest BCUT2D eigenvalue weighted by Crippen LogP contribution is 2.32. The van der Waals surface area contributed by atoms with E-state index in [1.807, 2.05) is 0 Å². The molecular weight excluding hydrogens is 431 g/mol. The van der Waals surface area contributed by atoms with E-state index in [9.17, 15) is 22.8 Å².